The summed E-state index contributed by atoms with van der Waals surface area (Å²) in [5, 5.41) is 5.80. The summed E-state index contributed by atoms with van der Waals surface area (Å²) in [5.74, 6) is -0.873. The van der Waals surface area contributed by atoms with Gasteiger partial charge in [-0.2, -0.15) is 0 Å². The molecule has 0 atom stereocenters. The van der Waals surface area contributed by atoms with Crippen molar-refractivity contribution in [3.05, 3.63) is 11.9 Å². The lowest BCUT2D eigenvalue weighted by Crippen LogP contribution is -2.30. The zero-order chi connectivity index (χ0) is 21.9. The van der Waals surface area contributed by atoms with E-state index < -0.39 is 11.6 Å². The number of ether oxygens (including phenoxy) is 4. The van der Waals surface area contributed by atoms with E-state index in [0.29, 0.717) is 65.8 Å². The fraction of sp³-hybridized carbons (Fsp3) is 0.750. The molecule has 0 aromatic heterocycles. The van der Waals surface area contributed by atoms with Crippen molar-refractivity contribution in [1.82, 2.24) is 10.6 Å². The number of carbonyl (C=O) groups excluding carboxylic acids is 3. The van der Waals surface area contributed by atoms with Gasteiger partial charge >= 0.3 is 0 Å². The Kier molecular flexibility index (Phi) is 17.1. The van der Waals surface area contributed by atoms with Gasteiger partial charge in [0.05, 0.1) is 46.2 Å². The van der Waals surface area contributed by atoms with Gasteiger partial charge in [0.25, 0.3) is 0 Å². The third-order valence-corrected chi connectivity index (χ3v) is 3.70. The first-order chi connectivity index (χ1) is 13.9. The number of ketones is 3. The number of methoxy groups -OCH3 is 1. The molecule has 0 saturated heterocycles. The van der Waals surface area contributed by atoms with Crippen LogP contribution in [0, 0.1) is 5.92 Å². The Hall–Kier alpha value is -1.81. The van der Waals surface area contributed by atoms with Crippen LogP contribution in [0.3, 0.4) is 0 Å². The second-order valence-electron chi connectivity index (χ2n) is 6.53. The van der Waals surface area contributed by atoms with Crippen LogP contribution in [0.1, 0.15) is 27.2 Å². The quantitative estimate of drug-likeness (QED) is 0.166. The van der Waals surface area contributed by atoms with Crippen LogP contribution in [0.25, 0.3) is 0 Å². The SMILES string of the molecule is COCCN/C(=C\NCCOCCOCCOCCC(=O)C(C)C)C(=O)C(C)=O. The summed E-state index contributed by atoms with van der Waals surface area (Å²) in [7, 11) is 1.56. The van der Waals surface area contributed by atoms with Crippen LogP contribution in [0.5, 0.6) is 0 Å². The summed E-state index contributed by atoms with van der Waals surface area (Å²) in [6, 6.07) is 0. The van der Waals surface area contributed by atoms with E-state index in [1.54, 1.807) is 7.11 Å². The van der Waals surface area contributed by atoms with E-state index in [9.17, 15) is 14.4 Å². The van der Waals surface area contributed by atoms with Gasteiger partial charge in [-0.05, 0) is 0 Å². The van der Waals surface area contributed by atoms with Crippen LogP contribution < -0.4 is 10.6 Å². The largest absolute Gasteiger partial charge is 0.387 e. The zero-order valence-corrected chi connectivity index (χ0v) is 18.1. The maximum Gasteiger partial charge on any atom is 0.245 e. The van der Waals surface area contributed by atoms with Crippen molar-refractivity contribution in [1.29, 1.82) is 0 Å². The van der Waals surface area contributed by atoms with Gasteiger partial charge < -0.3 is 29.6 Å². The van der Waals surface area contributed by atoms with Gasteiger partial charge in [-0.15, -0.1) is 0 Å². The second-order valence-corrected chi connectivity index (χ2v) is 6.53. The number of rotatable bonds is 20. The van der Waals surface area contributed by atoms with Crippen LogP contribution in [-0.2, 0) is 33.3 Å². The minimum Gasteiger partial charge on any atom is -0.387 e. The molecule has 0 unspecified atom stereocenters. The molecule has 9 heteroatoms. The molecule has 0 radical (unpaired) electrons. The first-order valence-electron chi connectivity index (χ1n) is 9.87. The molecule has 0 heterocycles. The van der Waals surface area contributed by atoms with E-state index in [1.165, 1.54) is 13.1 Å². The summed E-state index contributed by atoms with van der Waals surface area (Å²) in [6.45, 7) is 8.92. The van der Waals surface area contributed by atoms with Gasteiger partial charge in [0, 0.05) is 45.7 Å². The number of hydrogen-bond donors (Lipinski definition) is 2. The van der Waals surface area contributed by atoms with Gasteiger partial charge in [-0.1, -0.05) is 13.8 Å². The van der Waals surface area contributed by atoms with Gasteiger partial charge in [-0.3, -0.25) is 14.4 Å². The fourth-order valence-corrected chi connectivity index (χ4v) is 1.98. The van der Waals surface area contributed by atoms with E-state index in [-0.39, 0.29) is 17.4 Å². The van der Waals surface area contributed by atoms with Crippen molar-refractivity contribution < 1.29 is 33.3 Å². The molecule has 0 bridgehead atoms. The average Bonchev–Trinajstić information content (AvgIpc) is 2.69. The van der Waals surface area contributed by atoms with Crippen LogP contribution in [-0.4, -0.2) is 83.8 Å². The summed E-state index contributed by atoms with van der Waals surface area (Å²) in [4.78, 5) is 34.4. The maximum atomic E-state index is 11.8. The van der Waals surface area contributed by atoms with Gasteiger partial charge in [0.2, 0.25) is 11.6 Å². The number of carbonyl (C=O) groups is 3. The Balaban J connectivity index is 3.68. The molecular weight excluding hydrogens is 380 g/mol. The summed E-state index contributed by atoms with van der Waals surface area (Å²) in [5.41, 5.74) is 0.202. The van der Waals surface area contributed by atoms with E-state index in [1.807, 2.05) is 13.8 Å². The van der Waals surface area contributed by atoms with Gasteiger partial charge in [-0.25, -0.2) is 0 Å². The molecule has 0 aliphatic heterocycles. The third kappa shape index (κ3) is 15.8. The Bertz CT molecular complexity index is 507. The maximum absolute atomic E-state index is 11.8. The van der Waals surface area contributed by atoms with Crippen molar-refractivity contribution in [3.8, 4) is 0 Å². The Morgan fingerprint density at radius 3 is 2.00 bits per heavy atom. The molecule has 0 aliphatic rings. The molecule has 0 aliphatic carbocycles. The molecule has 0 aromatic rings. The van der Waals surface area contributed by atoms with Gasteiger partial charge in [0.1, 0.15) is 11.5 Å². The molecular formula is C20H36N2O7. The first-order valence-corrected chi connectivity index (χ1v) is 9.87. The van der Waals surface area contributed by atoms with Crippen LogP contribution in [0.15, 0.2) is 11.9 Å². The lowest BCUT2D eigenvalue weighted by atomic mass is 10.1. The van der Waals surface area contributed by atoms with Crippen LogP contribution >= 0.6 is 0 Å². The second kappa shape index (κ2) is 18.2. The highest BCUT2D eigenvalue weighted by Crippen LogP contribution is 1.98. The molecule has 2 N–H and O–H groups in total. The molecule has 0 aromatic carbocycles. The van der Waals surface area contributed by atoms with Crippen molar-refractivity contribution in [2.24, 2.45) is 5.92 Å². The lowest BCUT2D eigenvalue weighted by molar-refractivity contribution is -0.133. The number of allylic oxidation sites excluding steroid dienone is 1. The fourth-order valence-electron chi connectivity index (χ4n) is 1.98. The van der Waals surface area contributed by atoms with Crippen LogP contribution in [0.2, 0.25) is 0 Å². The van der Waals surface area contributed by atoms with E-state index >= 15 is 0 Å². The summed E-state index contributed by atoms with van der Waals surface area (Å²) >= 11 is 0. The first kappa shape index (κ1) is 27.2. The Morgan fingerprint density at radius 2 is 1.45 bits per heavy atom. The predicted octanol–water partition coefficient (Wildman–Crippen LogP) is 0.477. The third-order valence-electron chi connectivity index (χ3n) is 3.70. The Labute approximate surface area is 173 Å². The minimum atomic E-state index is -0.585. The zero-order valence-electron chi connectivity index (χ0n) is 18.1. The van der Waals surface area contributed by atoms with Crippen molar-refractivity contribution in [2.75, 3.05) is 66.4 Å². The normalized spacial score (nSPS) is 11.6. The summed E-state index contributed by atoms with van der Waals surface area (Å²) in [6.07, 6.45) is 1.91. The van der Waals surface area contributed by atoms with E-state index in [2.05, 4.69) is 10.6 Å². The highest BCUT2D eigenvalue weighted by Gasteiger charge is 2.13. The molecule has 9 nitrogen and oxygen atoms in total. The van der Waals surface area contributed by atoms with Crippen molar-refractivity contribution in [2.45, 2.75) is 27.2 Å². The molecule has 0 spiro atoms. The van der Waals surface area contributed by atoms with Crippen molar-refractivity contribution >= 4 is 17.3 Å². The number of nitrogens with one attached hydrogen (secondary N) is 2. The molecule has 0 amide bonds. The Morgan fingerprint density at radius 1 is 0.862 bits per heavy atom. The predicted molar refractivity (Wildman–Crippen MR) is 109 cm³/mol. The highest BCUT2D eigenvalue weighted by molar-refractivity contribution is 6.42. The monoisotopic (exact) mass is 416 g/mol. The minimum absolute atomic E-state index is 0.0464. The molecule has 0 fully saturated rings. The summed E-state index contributed by atoms with van der Waals surface area (Å²) < 4.78 is 21.0. The highest BCUT2D eigenvalue weighted by atomic mass is 16.5. The van der Waals surface area contributed by atoms with E-state index in [0.717, 1.165) is 0 Å². The molecule has 168 valence electrons. The standard InChI is InChI=1S/C20H36N2O7/c1-16(2)19(24)5-8-27-11-13-29-14-12-28-10-6-21-15-18(20(25)17(3)23)22-7-9-26-4/h15-16,21-22H,5-14H2,1-4H3/b18-15-. The lowest BCUT2D eigenvalue weighted by Gasteiger charge is -2.10. The van der Waals surface area contributed by atoms with Gasteiger partial charge in [0.15, 0.2) is 0 Å². The number of hydrogen-bond acceptors (Lipinski definition) is 9. The smallest absolute Gasteiger partial charge is 0.245 e. The molecule has 0 saturated carbocycles. The molecule has 29 heavy (non-hydrogen) atoms. The van der Waals surface area contributed by atoms with Crippen LogP contribution in [0.4, 0.5) is 0 Å². The average molecular weight is 417 g/mol. The molecule has 0 rings (SSSR count). The van der Waals surface area contributed by atoms with Crippen molar-refractivity contribution in [3.63, 3.8) is 0 Å². The van der Waals surface area contributed by atoms with E-state index in [4.69, 9.17) is 18.9 Å². The number of Topliss-reactive ketones (excluding diaryl/α,β-unsaturated/α-hetero) is 3. The topological polar surface area (TPSA) is 112 Å².